The molecule has 9 heteroatoms. The summed E-state index contributed by atoms with van der Waals surface area (Å²) in [6.07, 6.45) is 4.51. The van der Waals surface area contributed by atoms with E-state index in [1.807, 2.05) is 51.1 Å². The summed E-state index contributed by atoms with van der Waals surface area (Å²) in [6, 6.07) is 10.7. The van der Waals surface area contributed by atoms with Gasteiger partial charge in [0.1, 0.15) is 11.9 Å². The van der Waals surface area contributed by atoms with Crippen molar-refractivity contribution in [2.45, 2.75) is 52.0 Å². The molecule has 3 atom stereocenters. The second-order valence-corrected chi connectivity index (χ2v) is 9.85. The second-order valence-electron chi connectivity index (χ2n) is 9.85. The quantitative estimate of drug-likeness (QED) is 0.473. The number of hydrogen-bond acceptors (Lipinski definition) is 6. The molecule has 1 aliphatic rings. The molecule has 3 amide bonds. The van der Waals surface area contributed by atoms with Gasteiger partial charge in [-0.05, 0) is 55.9 Å². The minimum Gasteiger partial charge on any atom is -0.384 e. The number of pyridine rings is 1. The van der Waals surface area contributed by atoms with Crippen LogP contribution in [0, 0.1) is 19.8 Å². The van der Waals surface area contributed by atoms with E-state index in [0.717, 1.165) is 33.7 Å². The van der Waals surface area contributed by atoms with Crippen molar-refractivity contribution in [3.8, 4) is 0 Å². The number of imidazole rings is 1. The van der Waals surface area contributed by atoms with E-state index in [1.54, 1.807) is 37.1 Å². The molecule has 1 saturated heterocycles. The minimum absolute atomic E-state index is 0.0504. The van der Waals surface area contributed by atoms with Crippen molar-refractivity contribution >= 4 is 29.5 Å². The number of imide groups is 1. The Bertz CT molecular complexity index is 1300. The van der Waals surface area contributed by atoms with Crippen LogP contribution in [0.4, 0.5) is 11.8 Å². The van der Waals surface area contributed by atoms with Crippen LogP contribution < -0.4 is 10.6 Å². The number of nitrogens with zero attached hydrogens (tertiary/aromatic N) is 5. The highest BCUT2D eigenvalue weighted by Crippen LogP contribution is 2.35. The number of amides is 3. The van der Waals surface area contributed by atoms with Gasteiger partial charge < -0.3 is 10.3 Å². The molecule has 194 valence electrons. The number of anilines is 2. The third kappa shape index (κ3) is 5.26. The molecular weight excluding hydrogens is 468 g/mol. The Hall–Kier alpha value is -4.01. The summed E-state index contributed by atoms with van der Waals surface area (Å²) in [6.45, 7) is 5.86. The fourth-order valence-corrected chi connectivity index (χ4v) is 5.07. The molecule has 2 aromatic heterocycles. The van der Waals surface area contributed by atoms with Gasteiger partial charge in [0.05, 0.1) is 5.92 Å². The van der Waals surface area contributed by atoms with Crippen LogP contribution in [0.25, 0.3) is 0 Å². The van der Waals surface area contributed by atoms with Crippen LogP contribution in [0.5, 0.6) is 0 Å². The molecule has 1 fully saturated rings. The summed E-state index contributed by atoms with van der Waals surface area (Å²) in [5.41, 5.74) is 9.63. The summed E-state index contributed by atoms with van der Waals surface area (Å²) in [7, 11) is 3.40. The normalized spacial score (nSPS) is 17.9. The standard InChI is InChI=1S/C28H34N6O3/c1-6-20(21-9-7-17(2)8-10-21)16-24(35)34-25(27(37)33(5)28-30-11-12-32(28)4)22(26(34)36)14-19-13-18(3)31-23(29)15-19/h7-13,15,20,22,25H,6,14,16H2,1-5H3,(H2,29,31)/t20-,22+,25-/m0/s1. The predicted octanol–water partition coefficient (Wildman–Crippen LogP) is 3.16. The van der Waals surface area contributed by atoms with Gasteiger partial charge in [0.2, 0.25) is 17.8 Å². The smallest absolute Gasteiger partial charge is 0.253 e. The van der Waals surface area contributed by atoms with Crippen LogP contribution in [0.3, 0.4) is 0 Å². The van der Waals surface area contributed by atoms with Crippen LogP contribution in [0.1, 0.15) is 48.1 Å². The van der Waals surface area contributed by atoms with Gasteiger partial charge in [-0.3, -0.25) is 24.2 Å². The predicted molar refractivity (Wildman–Crippen MR) is 142 cm³/mol. The summed E-state index contributed by atoms with van der Waals surface area (Å²) >= 11 is 0. The second kappa shape index (κ2) is 10.5. The maximum absolute atomic E-state index is 13.7. The zero-order valence-electron chi connectivity index (χ0n) is 22.0. The van der Waals surface area contributed by atoms with Crippen molar-refractivity contribution < 1.29 is 14.4 Å². The molecule has 0 bridgehead atoms. The highest BCUT2D eigenvalue weighted by molar-refractivity contribution is 6.12. The van der Waals surface area contributed by atoms with Crippen LogP contribution in [0.2, 0.25) is 0 Å². The number of carbonyl (C=O) groups excluding carboxylic acids is 3. The fraction of sp³-hybridized carbons (Fsp3) is 0.393. The van der Waals surface area contributed by atoms with E-state index in [-0.39, 0.29) is 36.5 Å². The number of likely N-dealkylation sites (tertiary alicyclic amines) is 1. The van der Waals surface area contributed by atoms with E-state index in [2.05, 4.69) is 9.97 Å². The van der Waals surface area contributed by atoms with Gasteiger partial charge in [-0.25, -0.2) is 9.97 Å². The lowest BCUT2D eigenvalue weighted by molar-refractivity contribution is -0.170. The summed E-state index contributed by atoms with van der Waals surface area (Å²) in [5.74, 6) is -0.980. The summed E-state index contributed by atoms with van der Waals surface area (Å²) in [5, 5.41) is 0. The number of rotatable bonds is 8. The number of nitrogens with two attached hydrogens (primary N) is 1. The number of likely N-dealkylation sites (N-methyl/N-ethyl adjacent to an activating group) is 1. The average Bonchev–Trinajstić information content (AvgIpc) is 3.28. The lowest BCUT2D eigenvalue weighted by Crippen LogP contribution is -2.69. The molecule has 0 unspecified atom stereocenters. The van der Waals surface area contributed by atoms with Gasteiger partial charge >= 0.3 is 0 Å². The van der Waals surface area contributed by atoms with Gasteiger partial charge in [-0.2, -0.15) is 0 Å². The lowest BCUT2D eigenvalue weighted by atomic mass is 9.80. The molecule has 37 heavy (non-hydrogen) atoms. The average molecular weight is 503 g/mol. The molecule has 1 aliphatic heterocycles. The summed E-state index contributed by atoms with van der Waals surface area (Å²) < 4.78 is 1.72. The maximum Gasteiger partial charge on any atom is 0.253 e. The Kier molecular flexibility index (Phi) is 7.42. The number of hydrogen-bond donors (Lipinski definition) is 1. The van der Waals surface area contributed by atoms with Gasteiger partial charge in [0, 0.05) is 38.6 Å². The molecule has 9 nitrogen and oxygen atoms in total. The first-order chi connectivity index (χ1) is 17.6. The number of aryl methyl sites for hydroxylation is 3. The Morgan fingerprint density at radius 1 is 1.16 bits per heavy atom. The van der Waals surface area contributed by atoms with E-state index in [1.165, 1.54) is 4.90 Å². The van der Waals surface area contributed by atoms with Crippen molar-refractivity contribution in [3.63, 3.8) is 0 Å². The van der Waals surface area contributed by atoms with Gasteiger partial charge in [-0.1, -0.05) is 36.8 Å². The Morgan fingerprint density at radius 2 is 1.86 bits per heavy atom. The highest BCUT2D eigenvalue weighted by atomic mass is 16.2. The van der Waals surface area contributed by atoms with Gasteiger partial charge in [-0.15, -0.1) is 0 Å². The molecule has 3 aromatic rings. The first-order valence-electron chi connectivity index (χ1n) is 12.5. The molecule has 3 heterocycles. The van der Waals surface area contributed by atoms with E-state index in [0.29, 0.717) is 11.8 Å². The third-order valence-electron chi connectivity index (χ3n) is 7.11. The van der Waals surface area contributed by atoms with Crippen LogP contribution in [0.15, 0.2) is 48.8 Å². The topological polar surface area (TPSA) is 114 Å². The Balaban J connectivity index is 1.61. The highest BCUT2D eigenvalue weighted by Gasteiger charge is 2.55. The molecule has 0 radical (unpaired) electrons. The minimum atomic E-state index is -0.924. The number of benzene rings is 1. The Morgan fingerprint density at radius 3 is 2.46 bits per heavy atom. The molecule has 0 spiro atoms. The molecule has 0 aliphatic carbocycles. The van der Waals surface area contributed by atoms with E-state index < -0.39 is 12.0 Å². The van der Waals surface area contributed by atoms with Crippen LogP contribution >= 0.6 is 0 Å². The zero-order valence-corrected chi connectivity index (χ0v) is 22.0. The van der Waals surface area contributed by atoms with E-state index >= 15 is 0 Å². The molecule has 1 aromatic carbocycles. The first kappa shape index (κ1) is 26.1. The first-order valence-corrected chi connectivity index (χ1v) is 12.5. The third-order valence-corrected chi connectivity index (χ3v) is 7.11. The molecule has 0 saturated carbocycles. The van der Waals surface area contributed by atoms with Gasteiger partial charge in [0.25, 0.3) is 5.91 Å². The van der Waals surface area contributed by atoms with Crippen molar-refractivity contribution in [1.82, 2.24) is 19.4 Å². The zero-order chi connectivity index (χ0) is 26.9. The summed E-state index contributed by atoms with van der Waals surface area (Å²) in [4.78, 5) is 51.7. The maximum atomic E-state index is 13.7. The molecular formula is C28H34N6O3. The molecule has 2 N–H and O–H groups in total. The number of β-lactam (4-membered cyclic amide) rings is 1. The molecule has 4 rings (SSSR count). The monoisotopic (exact) mass is 502 g/mol. The van der Waals surface area contributed by atoms with Crippen LogP contribution in [-0.4, -0.2) is 50.2 Å². The SMILES string of the molecule is CC[C@@H](CC(=O)N1C(=O)[C@H](Cc2cc(C)nc(N)c2)[C@H]1C(=O)N(C)c1nccn1C)c1ccc(C)cc1. The Labute approximate surface area is 217 Å². The van der Waals surface area contributed by atoms with Gasteiger partial charge in [0.15, 0.2) is 0 Å². The lowest BCUT2D eigenvalue weighted by Gasteiger charge is -2.46. The van der Waals surface area contributed by atoms with E-state index in [4.69, 9.17) is 5.73 Å². The number of nitrogen functional groups attached to an aromatic ring is 1. The van der Waals surface area contributed by atoms with Crippen molar-refractivity contribution in [2.75, 3.05) is 17.7 Å². The van der Waals surface area contributed by atoms with Crippen LogP contribution in [-0.2, 0) is 27.9 Å². The number of aromatic nitrogens is 3. The van der Waals surface area contributed by atoms with Crippen molar-refractivity contribution in [2.24, 2.45) is 13.0 Å². The van der Waals surface area contributed by atoms with Crippen molar-refractivity contribution in [1.29, 1.82) is 0 Å². The largest absolute Gasteiger partial charge is 0.384 e. The van der Waals surface area contributed by atoms with Crippen molar-refractivity contribution in [3.05, 3.63) is 71.2 Å². The van der Waals surface area contributed by atoms with E-state index in [9.17, 15) is 14.4 Å². The number of carbonyl (C=O) groups is 3. The fourth-order valence-electron chi connectivity index (χ4n) is 5.07.